The van der Waals surface area contributed by atoms with Gasteiger partial charge in [0.25, 0.3) is 5.91 Å². The Bertz CT molecular complexity index is 677. The van der Waals surface area contributed by atoms with Crippen LogP contribution in [0.5, 0.6) is 5.75 Å². The molecule has 0 aliphatic heterocycles. The van der Waals surface area contributed by atoms with E-state index in [9.17, 15) is 4.79 Å². The van der Waals surface area contributed by atoms with Crippen molar-refractivity contribution in [3.05, 3.63) is 53.5 Å². The molecule has 1 amide bonds. The van der Waals surface area contributed by atoms with Crippen LogP contribution in [0.1, 0.15) is 21.9 Å². The van der Waals surface area contributed by atoms with Gasteiger partial charge in [-0.2, -0.15) is 0 Å². The molecular weight excluding hydrogens is 296 g/mol. The zero-order valence-electron chi connectivity index (χ0n) is 13.1. The van der Waals surface area contributed by atoms with E-state index < -0.39 is 5.91 Å². The second kappa shape index (κ2) is 7.88. The molecule has 0 atom stereocenters. The summed E-state index contributed by atoms with van der Waals surface area (Å²) in [6.45, 7) is 1.02. The molecule has 0 fully saturated rings. The number of aliphatic imine (C=N–C) groups is 1. The first-order valence-corrected chi connectivity index (χ1v) is 7.08. The van der Waals surface area contributed by atoms with Crippen LogP contribution in [0.15, 0.2) is 45.8 Å². The first-order valence-electron chi connectivity index (χ1n) is 7.08. The van der Waals surface area contributed by atoms with Crippen molar-refractivity contribution in [1.29, 1.82) is 0 Å². The van der Waals surface area contributed by atoms with E-state index in [2.05, 4.69) is 15.6 Å². The van der Waals surface area contributed by atoms with E-state index in [1.54, 1.807) is 26.3 Å². The van der Waals surface area contributed by atoms with Crippen LogP contribution in [0, 0.1) is 0 Å². The quantitative estimate of drug-likeness (QED) is 0.550. The normalized spacial score (nSPS) is 11.1. The van der Waals surface area contributed by atoms with Gasteiger partial charge in [-0.15, -0.1) is 0 Å². The highest BCUT2D eigenvalue weighted by Gasteiger charge is 2.07. The van der Waals surface area contributed by atoms with Crippen LogP contribution < -0.4 is 21.1 Å². The predicted octanol–water partition coefficient (Wildman–Crippen LogP) is 1.25. The Hall–Kier alpha value is -2.96. The minimum atomic E-state index is -0.585. The topological polar surface area (TPSA) is 102 Å². The van der Waals surface area contributed by atoms with Gasteiger partial charge in [0.1, 0.15) is 11.5 Å². The average Bonchev–Trinajstić information content (AvgIpc) is 3.05. The highest BCUT2D eigenvalue weighted by atomic mass is 16.5. The number of ether oxygens (including phenoxy) is 1. The van der Waals surface area contributed by atoms with E-state index in [1.165, 1.54) is 0 Å². The summed E-state index contributed by atoms with van der Waals surface area (Å²) in [7, 11) is 3.32. The van der Waals surface area contributed by atoms with Crippen molar-refractivity contribution in [3.8, 4) is 5.75 Å². The molecule has 1 heterocycles. The van der Waals surface area contributed by atoms with Gasteiger partial charge >= 0.3 is 0 Å². The molecule has 1 aromatic heterocycles. The van der Waals surface area contributed by atoms with Crippen LogP contribution >= 0.6 is 0 Å². The minimum Gasteiger partial charge on any atom is -0.497 e. The highest BCUT2D eigenvalue weighted by Crippen LogP contribution is 2.11. The van der Waals surface area contributed by atoms with Gasteiger partial charge in [-0.25, -0.2) is 0 Å². The van der Waals surface area contributed by atoms with Gasteiger partial charge in [0, 0.05) is 13.6 Å². The van der Waals surface area contributed by atoms with Crippen molar-refractivity contribution in [1.82, 2.24) is 10.6 Å². The fraction of sp³-hybridized carbons (Fsp3) is 0.250. The summed E-state index contributed by atoms with van der Waals surface area (Å²) in [5.41, 5.74) is 6.24. The minimum absolute atomic E-state index is 0.142. The Morgan fingerprint density at radius 3 is 2.43 bits per heavy atom. The molecule has 4 N–H and O–H groups in total. The van der Waals surface area contributed by atoms with Crippen molar-refractivity contribution in [2.45, 2.75) is 13.1 Å². The lowest BCUT2D eigenvalue weighted by molar-refractivity contribution is 0.0972. The van der Waals surface area contributed by atoms with E-state index in [1.807, 2.05) is 24.3 Å². The van der Waals surface area contributed by atoms with Crippen LogP contribution in [0.4, 0.5) is 0 Å². The summed E-state index contributed by atoms with van der Waals surface area (Å²) < 4.78 is 10.4. The van der Waals surface area contributed by atoms with Gasteiger partial charge in [0.15, 0.2) is 11.7 Å². The molecule has 2 aromatic rings. The van der Waals surface area contributed by atoms with Gasteiger partial charge in [-0.3, -0.25) is 9.79 Å². The molecule has 2 rings (SSSR count). The summed E-state index contributed by atoms with van der Waals surface area (Å²) in [6.07, 6.45) is 0. The molecule has 0 radical (unpaired) electrons. The lowest BCUT2D eigenvalue weighted by Crippen LogP contribution is -2.36. The second-order valence-corrected chi connectivity index (χ2v) is 4.76. The molecule has 0 saturated heterocycles. The number of hydrogen-bond acceptors (Lipinski definition) is 4. The van der Waals surface area contributed by atoms with Crippen molar-refractivity contribution in [2.24, 2.45) is 10.7 Å². The smallest absolute Gasteiger partial charge is 0.284 e. The molecule has 7 nitrogen and oxygen atoms in total. The molecule has 0 unspecified atom stereocenters. The number of carbonyl (C=O) groups is 1. The summed E-state index contributed by atoms with van der Waals surface area (Å²) in [4.78, 5) is 15.1. The highest BCUT2D eigenvalue weighted by molar-refractivity contribution is 5.89. The van der Waals surface area contributed by atoms with Gasteiger partial charge < -0.3 is 25.5 Å². The summed E-state index contributed by atoms with van der Waals surface area (Å²) in [6, 6.07) is 11.0. The van der Waals surface area contributed by atoms with E-state index in [4.69, 9.17) is 14.9 Å². The van der Waals surface area contributed by atoms with E-state index >= 15 is 0 Å². The zero-order valence-corrected chi connectivity index (χ0v) is 13.1. The number of carbonyl (C=O) groups excluding carboxylic acids is 1. The van der Waals surface area contributed by atoms with Gasteiger partial charge in [0.2, 0.25) is 0 Å². The van der Waals surface area contributed by atoms with Crippen LogP contribution in [0.3, 0.4) is 0 Å². The zero-order chi connectivity index (χ0) is 16.7. The third-order valence-electron chi connectivity index (χ3n) is 3.18. The van der Waals surface area contributed by atoms with Crippen molar-refractivity contribution >= 4 is 11.9 Å². The molecule has 23 heavy (non-hydrogen) atoms. The number of nitrogens with zero attached hydrogens (tertiary/aromatic N) is 1. The Labute approximate surface area is 134 Å². The third-order valence-corrected chi connectivity index (χ3v) is 3.18. The second-order valence-electron chi connectivity index (χ2n) is 4.76. The maximum absolute atomic E-state index is 11.0. The monoisotopic (exact) mass is 316 g/mol. The van der Waals surface area contributed by atoms with E-state index in [0.29, 0.717) is 24.8 Å². The maximum atomic E-state index is 11.0. The summed E-state index contributed by atoms with van der Waals surface area (Å²) in [5.74, 6) is 1.60. The lowest BCUT2D eigenvalue weighted by atomic mass is 10.2. The molecule has 7 heteroatoms. The van der Waals surface area contributed by atoms with Crippen LogP contribution in [-0.2, 0) is 13.1 Å². The largest absolute Gasteiger partial charge is 0.497 e. The van der Waals surface area contributed by atoms with Crippen molar-refractivity contribution < 1.29 is 13.9 Å². The lowest BCUT2D eigenvalue weighted by Gasteiger charge is -2.11. The molecule has 122 valence electrons. The fourth-order valence-electron chi connectivity index (χ4n) is 1.93. The number of nitrogens with one attached hydrogen (secondary N) is 2. The van der Waals surface area contributed by atoms with Crippen LogP contribution in [-0.4, -0.2) is 26.0 Å². The summed E-state index contributed by atoms with van der Waals surface area (Å²) >= 11 is 0. The number of guanidine groups is 1. The van der Waals surface area contributed by atoms with Gasteiger partial charge in [0.05, 0.1) is 13.7 Å². The van der Waals surface area contributed by atoms with Crippen LogP contribution in [0.2, 0.25) is 0 Å². The van der Waals surface area contributed by atoms with Gasteiger partial charge in [-0.1, -0.05) is 12.1 Å². The number of benzene rings is 1. The van der Waals surface area contributed by atoms with Crippen molar-refractivity contribution in [2.75, 3.05) is 14.2 Å². The number of amides is 1. The molecule has 0 aliphatic carbocycles. The number of primary amides is 1. The molecule has 0 aliphatic rings. The first kappa shape index (κ1) is 16.4. The number of furan rings is 1. The molecule has 0 saturated carbocycles. The predicted molar refractivity (Wildman–Crippen MR) is 87.3 cm³/mol. The van der Waals surface area contributed by atoms with Gasteiger partial charge in [-0.05, 0) is 29.8 Å². The third kappa shape index (κ3) is 4.77. The van der Waals surface area contributed by atoms with Crippen molar-refractivity contribution in [3.63, 3.8) is 0 Å². The SMILES string of the molecule is CN=C(NCc1ccc(OC)cc1)NCc1ccc(C(N)=O)o1. The number of rotatable bonds is 6. The Balaban J connectivity index is 1.83. The Morgan fingerprint density at radius 2 is 1.87 bits per heavy atom. The maximum Gasteiger partial charge on any atom is 0.284 e. The Kier molecular flexibility index (Phi) is 5.62. The molecule has 0 bridgehead atoms. The fourth-order valence-corrected chi connectivity index (χ4v) is 1.93. The molecule has 1 aromatic carbocycles. The summed E-state index contributed by atoms with van der Waals surface area (Å²) in [5, 5.41) is 6.29. The van der Waals surface area contributed by atoms with Crippen LogP contribution in [0.25, 0.3) is 0 Å². The Morgan fingerprint density at radius 1 is 1.17 bits per heavy atom. The number of methoxy groups -OCH3 is 1. The molecular formula is C16H20N4O3. The number of nitrogens with two attached hydrogens (primary N) is 1. The number of hydrogen-bond donors (Lipinski definition) is 3. The molecule has 0 spiro atoms. The van der Waals surface area contributed by atoms with E-state index in [-0.39, 0.29) is 5.76 Å². The first-order chi connectivity index (χ1) is 11.1. The van der Waals surface area contributed by atoms with E-state index in [0.717, 1.165) is 11.3 Å². The average molecular weight is 316 g/mol. The standard InChI is InChI=1S/C16H20N4O3/c1-18-16(19-9-11-3-5-12(22-2)6-4-11)20-10-13-7-8-14(23-13)15(17)21/h3-8H,9-10H2,1-2H3,(H2,17,21)(H2,18,19,20).